The number of ether oxygens (including phenoxy) is 2. The minimum Gasteiger partial charge on any atom is -0.494 e. The van der Waals surface area contributed by atoms with Crippen molar-refractivity contribution in [1.82, 2.24) is 13.8 Å². The van der Waals surface area contributed by atoms with Gasteiger partial charge in [0.15, 0.2) is 0 Å². The van der Waals surface area contributed by atoms with Crippen LogP contribution in [-0.4, -0.2) is 45.2 Å². The first-order valence-corrected chi connectivity index (χ1v) is 10.8. The predicted molar refractivity (Wildman–Crippen MR) is 120 cm³/mol. The quantitative estimate of drug-likeness (QED) is 0.351. The first kappa shape index (κ1) is 21.0. The number of benzene rings is 2. The highest BCUT2D eigenvalue weighted by Crippen LogP contribution is 2.30. The van der Waals surface area contributed by atoms with Crippen LogP contribution in [-0.2, 0) is 4.74 Å². The normalized spacial score (nSPS) is 11.1. The van der Waals surface area contributed by atoms with Gasteiger partial charge in [0.1, 0.15) is 10.8 Å². The third kappa shape index (κ3) is 4.92. The van der Waals surface area contributed by atoms with E-state index in [4.69, 9.17) is 14.6 Å². The molecule has 0 aliphatic rings. The molecule has 0 aliphatic carbocycles. The maximum absolute atomic E-state index is 11.1. The lowest BCUT2D eigenvalue weighted by molar-refractivity contribution is 0.0697. The lowest BCUT2D eigenvalue weighted by atomic mass is 10.1. The van der Waals surface area contributed by atoms with E-state index in [-0.39, 0.29) is 5.56 Å². The number of carboxylic acid groups (broad SMARTS) is 1. The van der Waals surface area contributed by atoms with Crippen LogP contribution in [0.15, 0.2) is 54.7 Å². The Labute approximate surface area is 184 Å². The van der Waals surface area contributed by atoms with Crippen molar-refractivity contribution in [3.05, 3.63) is 60.3 Å². The summed E-state index contributed by atoms with van der Waals surface area (Å²) in [5.74, 6) is 0.522. The summed E-state index contributed by atoms with van der Waals surface area (Å²) in [7, 11) is 1.72. The topological polar surface area (TPSA) is 86.0 Å². The Morgan fingerprint density at radius 2 is 1.71 bits per heavy atom. The number of carboxylic acids is 1. The lowest BCUT2D eigenvalue weighted by Gasteiger charge is -2.06. The minimum absolute atomic E-state index is 0.256. The minimum atomic E-state index is -0.941. The zero-order valence-electron chi connectivity index (χ0n) is 17.2. The molecule has 4 rings (SSSR count). The molecule has 1 N–H and O–H groups in total. The van der Waals surface area contributed by atoms with Gasteiger partial charge in [0.05, 0.1) is 24.1 Å². The first-order chi connectivity index (χ1) is 15.2. The molecule has 8 heteroatoms. The summed E-state index contributed by atoms with van der Waals surface area (Å²) in [4.78, 5) is 20.1. The Bertz CT molecular complexity index is 1150. The number of fused-ring (bicyclic) bond motifs is 1. The van der Waals surface area contributed by atoms with Crippen molar-refractivity contribution in [2.24, 2.45) is 0 Å². The van der Waals surface area contributed by atoms with Crippen molar-refractivity contribution in [1.29, 1.82) is 0 Å². The molecule has 2 heterocycles. The predicted octanol–water partition coefficient (Wildman–Crippen LogP) is 5.02. The first-order valence-electron chi connectivity index (χ1n) is 10.1. The van der Waals surface area contributed by atoms with E-state index in [1.54, 1.807) is 37.6 Å². The number of imidazole rings is 1. The maximum atomic E-state index is 11.1. The van der Waals surface area contributed by atoms with Crippen LogP contribution in [0, 0.1) is 0 Å². The van der Waals surface area contributed by atoms with E-state index >= 15 is 0 Å². The molecule has 0 spiro atoms. The van der Waals surface area contributed by atoms with E-state index < -0.39 is 5.97 Å². The average Bonchev–Trinajstić information content (AvgIpc) is 3.38. The Morgan fingerprint density at radius 3 is 2.42 bits per heavy atom. The van der Waals surface area contributed by atoms with Crippen molar-refractivity contribution in [3.63, 3.8) is 0 Å². The van der Waals surface area contributed by atoms with E-state index in [9.17, 15) is 4.79 Å². The van der Waals surface area contributed by atoms with Gasteiger partial charge in [-0.05, 0) is 67.2 Å². The van der Waals surface area contributed by atoms with E-state index in [1.165, 1.54) is 11.5 Å². The zero-order valence-corrected chi connectivity index (χ0v) is 18.0. The number of carbonyl (C=O) groups is 1. The number of hydrogen-bond acceptors (Lipinski definition) is 6. The van der Waals surface area contributed by atoms with Crippen molar-refractivity contribution in [2.45, 2.75) is 19.3 Å². The second-order valence-electron chi connectivity index (χ2n) is 7.05. The highest BCUT2D eigenvalue weighted by atomic mass is 32.1. The summed E-state index contributed by atoms with van der Waals surface area (Å²) >= 11 is 1.50. The van der Waals surface area contributed by atoms with Gasteiger partial charge in [-0.3, -0.25) is 0 Å². The largest absolute Gasteiger partial charge is 0.494 e. The highest BCUT2D eigenvalue weighted by Gasteiger charge is 2.13. The number of rotatable bonds is 10. The molecule has 0 amide bonds. The van der Waals surface area contributed by atoms with Gasteiger partial charge >= 0.3 is 5.97 Å². The SMILES string of the molecule is COCCCCCOc1ccc(-c2nc3ncc(-c4ccc(C(=O)O)cc4)n3s2)cc1. The van der Waals surface area contributed by atoms with Crippen LogP contribution in [0.3, 0.4) is 0 Å². The van der Waals surface area contributed by atoms with Gasteiger partial charge in [-0.15, -0.1) is 0 Å². The zero-order chi connectivity index (χ0) is 21.6. The molecule has 7 nitrogen and oxygen atoms in total. The van der Waals surface area contributed by atoms with Crippen LogP contribution < -0.4 is 4.74 Å². The fourth-order valence-electron chi connectivity index (χ4n) is 3.20. The number of hydrogen-bond donors (Lipinski definition) is 1. The third-order valence-corrected chi connectivity index (χ3v) is 5.91. The molecule has 2 aromatic heterocycles. The van der Waals surface area contributed by atoms with E-state index in [2.05, 4.69) is 9.97 Å². The molecular formula is C23H23N3O4S. The summed E-state index contributed by atoms with van der Waals surface area (Å²) in [5.41, 5.74) is 3.02. The van der Waals surface area contributed by atoms with Crippen LogP contribution in [0.2, 0.25) is 0 Å². The molecule has 2 aromatic carbocycles. The molecule has 31 heavy (non-hydrogen) atoms. The average molecular weight is 438 g/mol. The molecule has 0 radical (unpaired) electrons. The summed E-state index contributed by atoms with van der Waals surface area (Å²) in [6, 6.07) is 14.7. The Morgan fingerprint density at radius 1 is 1.00 bits per heavy atom. The summed E-state index contributed by atoms with van der Waals surface area (Å²) in [6.07, 6.45) is 4.90. The van der Waals surface area contributed by atoms with Gasteiger partial charge in [0.2, 0.25) is 5.78 Å². The van der Waals surface area contributed by atoms with Crippen LogP contribution >= 0.6 is 11.5 Å². The smallest absolute Gasteiger partial charge is 0.335 e. The molecule has 0 atom stereocenters. The molecule has 0 bridgehead atoms. The molecule has 0 aliphatic heterocycles. The molecule has 160 valence electrons. The lowest BCUT2D eigenvalue weighted by Crippen LogP contribution is -1.98. The van der Waals surface area contributed by atoms with Gasteiger partial charge in [-0.1, -0.05) is 12.1 Å². The van der Waals surface area contributed by atoms with E-state index in [0.29, 0.717) is 12.4 Å². The van der Waals surface area contributed by atoms with Gasteiger partial charge in [0.25, 0.3) is 0 Å². The van der Waals surface area contributed by atoms with E-state index in [0.717, 1.165) is 53.4 Å². The Kier molecular flexibility index (Phi) is 6.59. The molecule has 0 saturated heterocycles. The van der Waals surface area contributed by atoms with Crippen LogP contribution in [0.25, 0.3) is 27.6 Å². The molecular weight excluding hydrogens is 414 g/mol. The highest BCUT2D eigenvalue weighted by molar-refractivity contribution is 7.10. The molecule has 0 fully saturated rings. The Hall–Kier alpha value is -3.23. The van der Waals surface area contributed by atoms with E-state index in [1.807, 2.05) is 28.1 Å². The second-order valence-corrected chi connectivity index (χ2v) is 7.99. The van der Waals surface area contributed by atoms with Crippen LogP contribution in [0.5, 0.6) is 5.75 Å². The number of unbranched alkanes of at least 4 members (excludes halogenated alkanes) is 2. The number of aromatic nitrogens is 3. The Balaban J connectivity index is 1.45. The molecule has 0 unspecified atom stereocenters. The number of methoxy groups -OCH3 is 1. The fraction of sp³-hybridized carbons (Fsp3) is 0.261. The van der Waals surface area contributed by atoms with Gasteiger partial charge in [0, 0.05) is 24.8 Å². The second kappa shape index (κ2) is 9.72. The van der Waals surface area contributed by atoms with Crippen molar-refractivity contribution in [2.75, 3.05) is 20.3 Å². The number of nitrogens with zero attached hydrogens (tertiary/aromatic N) is 3. The summed E-state index contributed by atoms with van der Waals surface area (Å²) < 4.78 is 12.8. The summed E-state index contributed by atoms with van der Waals surface area (Å²) in [5, 5.41) is 9.94. The van der Waals surface area contributed by atoms with Crippen molar-refractivity contribution >= 4 is 23.3 Å². The van der Waals surface area contributed by atoms with Crippen LogP contribution in [0.4, 0.5) is 0 Å². The van der Waals surface area contributed by atoms with Crippen molar-refractivity contribution in [3.8, 4) is 27.6 Å². The van der Waals surface area contributed by atoms with Crippen LogP contribution in [0.1, 0.15) is 29.6 Å². The van der Waals surface area contributed by atoms with Gasteiger partial charge < -0.3 is 14.6 Å². The molecule has 4 aromatic rings. The standard InChI is InChI=1S/C23H23N3O4S/c1-29-13-3-2-4-14-30-19-11-9-17(10-12-19)21-25-23-24-15-20(26(23)31-21)16-5-7-18(8-6-16)22(27)28/h5-12,15H,2-4,13-14H2,1H3,(H,27,28). The third-order valence-electron chi connectivity index (χ3n) is 4.87. The summed E-state index contributed by atoms with van der Waals surface area (Å²) in [6.45, 7) is 1.49. The van der Waals surface area contributed by atoms with Gasteiger partial charge in [-0.2, -0.15) is 4.98 Å². The number of aromatic carboxylic acids is 1. The van der Waals surface area contributed by atoms with Gasteiger partial charge in [-0.25, -0.2) is 13.6 Å². The molecule has 0 saturated carbocycles. The fourth-order valence-corrected chi connectivity index (χ4v) is 4.15. The van der Waals surface area contributed by atoms with Crippen molar-refractivity contribution < 1.29 is 19.4 Å². The maximum Gasteiger partial charge on any atom is 0.335 e. The monoisotopic (exact) mass is 437 g/mol.